The van der Waals surface area contributed by atoms with E-state index in [9.17, 15) is 9.59 Å². The van der Waals surface area contributed by atoms with E-state index >= 15 is 0 Å². The summed E-state index contributed by atoms with van der Waals surface area (Å²) in [5.41, 5.74) is 3.36. The van der Waals surface area contributed by atoms with Gasteiger partial charge in [-0.05, 0) is 68.5 Å². The van der Waals surface area contributed by atoms with E-state index in [-0.39, 0.29) is 29.0 Å². The van der Waals surface area contributed by atoms with E-state index in [0.717, 1.165) is 42.4 Å². The first-order valence-corrected chi connectivity index (χ1v) is 13.1. The van der Waals surface area contributed by atoms with Gasteiger partial charge in [0, 0.05) is 12.2 Å². The second kappa shape index (κ2) is 9.59. The summed E-state index contributed by atoms with van der Waals surface area (Å²) in [7, 11) is 0. The van der Waals surface area contributed by atoms with Gasteiger partial charge in [-0.1, -0.05) is 61.4 Å². The molecule has 1 aliphatic heterocycles. The molecule has 1 amide bonds. The number of fused-ring (bicyclic) bond motifs is 1. The topological polar surface area (TPSA) is 63.9 Å². The largest absolute Gasteiger partial charge is 0.438 e. The number of amides is 1. The van der Waals surface area contributed by atoms with Crippen molar-refractivity contribution in [2.24, 2.45) is 0 Å². The van der Waals surface area contributed by atoms with Crippen molar-refractivity contribution in [1.29, 1.82) is 0 Å². The quantitative estimate of drug-likeness (QED) is 0.323. The monoisotopic (exact) mass is 505 g/mol. The van der Waals surface area contributed by atoms with Gasteiger partial charge in [0.2, 0.25) is 5.88 Å². The SMILES string of the molecule is Cc1cccc(Oc2nc3c(C)cccn3c(=O)c2/C=C2/SC(=S)N(C3CCCCC3)C2=O)c1C. The molecule has 0 N–H and O–H groups in total. The zero-order valence-electron chi connectivity index (χ0n) is 20.0. The minimum Gasteiger partial charge on any atom is -0.438 e. The molecule has 3 aromatic rings. The van der Waals surface area contributed by atoms with E-state index in [1.54, 1.807) is 17.2 Å². The Morgan fingerprint density at radius 3 is 2.57 bits per heavy atom. The van der Waals surface area contributed by atoms with Crippen LogP contribution < -0.4 is 10.3 Å². The molecule has 8 heteroatoms. The van der Waals surface area contributed by atoms with Crippen molar-refractivity contribution >= 4 is 45.9 Å². The second-order valence-electron chi connectivity index (χ2n) is 9.16. The van der Waals surface area contributed by atoms with Crippen LogP contribution in [0.15, 0.2) is 46.2 Å². The van der Waals surface area contributed by atoms with Crippen LogP contribution in [0.3, 0.4) is 0 Å². The number of aryl methyl sites for hydroxylation is 2. The molecule has 0 bridgehead atoms. The molecule has 6 nitrogen and oxygen atoms in total. The molecule has 0 spiro atoms. The minimum atomic E-state index is -0.290. The number of benzene rings is 1. The molecule has 0 radical (unpaired) electrons. The summed E-state index contributed by atoms with van der Waals surface area (Å²) in [6.45, 7) is 5.88. The predicted octanol–water partition coefficient (Wildman–Crippen LogP) is 5.95. The second-order valence-corrected chi connectivity index (χ2v) is 10.8. The normalized spacial score (nSPS) is 18.1. The van der Waals surface area contributed by atoms with E-state index in [0.29, 0.717) is 20.6 Å². The predicted molar refractivity (Wildman–Crippen MR) is 144 cm³/mol. The van der Waals surface area contributed by atoms with E-state index in [1.807, 2.05) is 51.1 Å². The number of carbonyl (C=O) groups excluding carboxylic acids is 1. The molecule has 2 fully saturated rings. The van der Waals surface area contributed by atoms with Crippen LogP contribution >= 0.6 is 24.0 Å². The van der Waals surface area contributed by atoms with E-state index in [4.69, 9.17) is 21.9 Å². The van der Waals surface area contributed by atoms with Crippen molar-refractivity contribution in [3.05, 3.63) is 74.0 Å². The van der Waals surface area contributed by atoms with Crippen molar-refractivity contribution in [1.82, 2.24) is 14.3 Å². The van der Waals surface area contributed by atoms with Crippen molar-refractivity contribution in [2.45, 2.75) is 58.9 Å². The average Bonchev–Trinajstić information content (AvgIpc) is 3.13. The Hall–Kier alpha value is -2.97. The van der Waals surface area contributed by atoms with Gasteiger partial charge in [-0.25, -0.2) is 0 Å². The number of nitrogens with zero attached hydrogens (tertiary/aromatic N) is 3. The van der Waals surface area contributed by atoms with Crippen LogP contribution in [-0.4, -0.2) is 30.6 Å². The summed E-state index contributed by atoms with van der Waals surface area (Å²) in [4.78, 5) is 33.9. The highest BCUT2D eigenvalue weighted by Gasteiger charge is 2.38. The number of aromatic nitrogens is 2. The molecule has 1 saturated heterocycles. The van der Waals surface area contributed by atoms with Gasteiger partial charge in [0.05, 0.1) is 4.91 Å². The Labute approximate surface area is 214 Å². The molecular weight excluding hydrogens is 478 g/mol. The van der Waals surface area contributed by atoms with Crippen LogP contribution in [0.4, 0.5) is 0 Å². The number of hydrogen-bond acceptors (Lipinski definition) is 6. The van der Waals surface area contributed by atoms with E-state index in [1.165, 1.54) is 22.6 Å². The van der Waals surface area contributed by atoms with Crippen molar-refractivity contribution < 1.29 is 9.53 Å². The number of carbonyl (C=O) groups is 1. The van der Waals surface area contributed by atoms with Crippen LogP contribution in [0.1, 0.15) is 54.4 Å². The lowest BCUT2D eigenvalue weighted by Crippen LogP contribution is -2.39. The fourth-order valence-electron chi connectivity index (χ4n) is 4.70. The maximum absolute atomic E-state index is 13.6. The van der Waals surface area contributed by atoms with Crippen LogP contribution in [0.2, 0.25) is 0 Å². The minimum absolute atomic E-state index is 0.131. The summed E-state index contributed by atoms with van der Waals surface area (Å²) >= 11 is 6.83. The first-order valence-electron chi connectivity index (χ1n) is 11.9. The number of thioether (sulfide) groups is 1. The van der Waals surface area contributed by atoms with Gasteiger partial charge >= 0.3 is 0 Å². The number of thiocarbonyl (C=S) groups is 1. The highest BCUT2D eigenvalue weighted by Crippen LogP contribution is 2.38. The Kier molecular flexibility index (Phi) is 6.51. The number of rotatable bonds is 4. The van der Waals surface area contributed by atoms with Crippen LogP contribution in [0.5, 0.6) is 11.6 Å². The van der Waals surface area contributed by atoms with Crippen LogP contribution in [-0.2, 0) is 4.79 Å². The van der Waals surface area contributed by atoms with Crippen molar-refractivity contribution in [3.8, 4) is 11.6 Å². The van der Waals surface area contributed by atoms with Crippen LogP contribution in [0.25, 0.3) is 11.7 Å². The molecule has 1 aromatic carbocycles. The van der Waals surface area contributed by atoms with Gasteiger partial charge in [0.1, 0.15) is 21.3 Å². The summed E-state index contributed by atoms with van der Waals surface area (Å²) < 4.78 is 8.29. The van der Waals surface area contributed by atoms with Gasteiger partial charge in [-0.3, -0.25) is 18.9 Å². The van der Waals surface area contributed by atoms with Crippen LogP contribution in [0, 0.1) is 20.8 Å². The third-order valence-electron chi connectivity index (χ3n) is 6.85. The zero-order valence-corrected chi connectivity index (χ0v) is 21.7. The fourth-order valence-corrected chi connectivity index (χ4v) is 6.08. The Morgan fingerprint density at radius 2 is 1.80 bits per heavy atom. The molecule has 35 heavy (non-hydrogen) atoms. The molecule has 1 saturated carbocycles. The standard InChI is InChI=1S/C27H27N3O3S2/c1-16-9-7-13-21(18(16)3)33-24-20(25(31)29-14-8-10-17(2)23(29)28-24)15-22-26(32)30(27(34)35-22)19-11-5-4-6-12-19/h7-10,13-15,19H,4-6,11-12H2,1-3H3/b22-15+. The Balaban J connectivity index is 1.63. The van der Waals surface area contributed by atoms with Gasteiger partial charge in [-0.15, -0.1) is 0 Å². The third-order valence-corrected chi connectivity index (χ3v) is 8.18. The lowest BCUT2D eigenvalue weighted by atomic mass is 9.94. The average molecular weight is 506 g/mol. The molecule has 2 aliphatic rings. The molecule has 2 aromatic heterocycles. The molecule has 1 aliphatic carbocycles. The number of ether oxygens (including phenoxy) is 1. The van der Waals surface area contributed by atoms with Crippen molar-refractivity contribution in [2.75, 3.05) is 0 Å². The van der Waals surface area contributed by atoms with E-state index in [2.05, 4.69) is 0 Å². The molecule has 3 heterocycles. The number of pyridine rings is 1. The zero-order chi connectivity index (χ0) is 24.7. The summed E-state index contributed by atoms with van der Waals surface area (Å²) in [5, 5.41) is 0. The maximum atomic E-state index is 13.6. The van der Waals surface area contributed by atoms with E-state index < -0.39 is 0 Å². The van der Waals surface area contributed by atoms with Crippen molar-refractivity contribution in [3.63, 3.8) is 0 Å². The van der Waals surface area contributed by atoms with Gasteiger partial charge in [0.15, 0.2) is 0 Å². The van der Waals surface area contributed by atoms with Gasteiger partial charge in [0.25, 0.3) is 11.5 Å². The Bertz CT molecular complexity index is 1440. The highest BCUT2D eigenvalue weighted by atomic mass is 32.2. The molecule has 0 atom stereocenters. The maximum Gasteiger partial charge on any atom is 0.269 e. The molecule has 0 unspecified atom stereocenters. The summed E-state index contributed by atoms with van der Waals surface area (Å²) in [6, 6.07) is 9.61. The van der Waals surface area contributed by atoms with Gasteiger partial charge in [-0.2, -0.15) is 4.98 Å². The lowest BCUT2D eigenvalue weighted by molar-refractivity contribution is -0.124. The summed E-state index contributed by atoms with van der Waals surface area (Å²) in [5.74, 6) is 0.665. The smallest absolute Gasteiger partial charge is 0.269 e. The summed E-state index contributed by atoms with van der Waals surface area (Å²) in [6.07, 6.45) is 8.60. The first-order chi connectivity index (χ1) is 16.8. The molecule has 180 valence electrons. The fraction of sp³-hybridized carbons (Fsp3) is 0.333. The number of hydrogen-bond donors (Lipinski definition) is 0. The Morgan fingerprint density at radius 1 is 1.06 bits per heavy atom. The van der Waals surface area contributed by atoms with Gasteiger partial charge < -0.3 is 4.74 Å². The highest BCUT2D eigenvalue weighted by molar-refractivity contribution is 8.26. The molecule has 5 rings (SSSR count). The third kappa shape index (κ3) is 4.41. The molecular formula is C27H27N3O3S2. The first kappa shape index (κ1) is 23.8. The lowest BCUT2D eigenvalue weighted by Gasteiger charge is -2.29.